The number of methoxy groups -OCH3 is 1. The number of rotatable bonds is 1. The van der Waals surface area contributed by atoms with Crippen LogP contribution in [0, 0.1) is 0 Å². The number of hydrogen-bond acceptors (Lipinski definition) is 2. The lowest BCUT2D eigenvalue weighted by molar-refractivity contribution is -0.134. The third-order valence-electron chi connectivity index (χ3n) is 0.400. The van der Waals surface area contributed by atoms with Gasteiger partial charge in [0.1, 0.15) is 0 Å². The Balaban J connectivity index is 3.37. The Hall–Kier alpha value is -0.310. The van der Waals surface area contributed by atoms with Crippen molar-refractivity contribution in [3.8, 4) is 0 Å². The molecule has 0 rings (SSSR count). The van der Waals surface area contributed by atoms with E-state index in [0.717, 1.165) is 0 Å². The number of carbonyl (C=O) groups excluding carboxylic acids is 1. The van der Waals surface area contributed by atoms with E-state index in [1.807, 2.05) is 0 Å². The molecule has 0 radical (unpaired) electrons. The van der Waals surface area contributed by atoms with Crippen LogP contribution in [-0.4, -0.2) is 13.1 Å². The average molecular weight is 165 g/mol. The van der Waals surface area contributed by atoms with Crippen LogP contribution in [0.4, 0.5) is 0 Å². The number of carbonyl (C=O) groups is 1. The van der Waals surface area contributed by atoms with Crippen LogP contribution >= 0.6 is 15.9 Å². The predicted octanol–water partition coefficient (Wildman–Crippen LogP) is 1.07. The van der Waals surface area contributed by atoms with E-state index in [2.05, 4.69) is 20.7 Å². The summed E-state index contributed by atoms with van der Waals surface area (Å²) in [6, 6.07) is 0. The third-order valence-corrected chi connectivity index (χ3v) is 0.665. The molecule has 0 unspecified atom stereocenters. The molecule has 2 nitrogen and oxygen atoms in total. The van der Waals surface area contributed by atoms with Gasteiger partial charge in [-0.15, -0.1) is 0 Å². The molecule has 0 N–H and O–H groups in total. The van der Waals surface area contributed by atoms with E-state index in [0.29, 0.717) is 0 Å². The summed E-state index contributed by atoms with van der Waals surface area (Å²) in [5, 5.41) is 0. The summed E-state index contributed by atoms with van der Waals surface area (Å²) >= 11 is 2.91. The van der Waals surface area contributed by atoms with Gasteiger partial charge in [0.2, 0.25) is 0 Å². The van der Waals surface area contributed by atoms with Gasteiger partial charge in [0.25, 0.3) is 0 Å². The van der Waals surface area contributed by atoms with E-state index >= 15 is 0 Å². The maximum atomic E-state index is 10.1. The Morgan fingerprint density at radius 1 is 1.86 bits per heavy atom. The van der Waals surface area contributed by atoms with E-state index in [-0.39, 0.29) is 5.97 Å². The fourth-order valence-electron chi connectivity index (χ4n) is 0.119. The first-order valence-corrected chi connectivity index (χ1v) is 2.57. The quantitative estimate of drug-likeness (QED) is 0.429. The SMILES string of the molecule is COC(=O)C=CBr. The molecule has 40 valence electrons. The van der Waals surface area contributed by atoms with Gasteiger partial charge in [-0.2, -0.15) is 0 Å². The first kappa shape index (κ1) is 6.69. The van der Waals surface area contributed by atoms with E-state index in [1.54, 1.807) is 0 Å². The van der Waals surface area contributed by atoms with Crippen LogP contribution in [0.3, 0.4) is 0 Å². The topological polar surface area (TPSA) is 26.3 Å². The monoisotopic (exact) mass is 164 g/mol. The highest BCUT2D eigenvalue weighted by atomic mass is 79.9. The minimum absolute atomic E-state index is 0.350. The zero-order valence-electron chi connectivity index (χ0n) is 3.85. The molecule has 0 saturated carbocycles. The maximum absolute atomic E-state index is 10.1. The van der Waals surface area contributed by atoms with Crippen molar-refractivity contribution in [2.24, 2.45) is 0 Å². The number of halogens is 1. The van der Waals surface area contributed by atoms with E-state index in [1.165, 1.54) is 18.2 Å². The summed E-state index contributed by atoms with van der Waals surface area (Å²) in [5.74, 6) is -0.350. The van der Waals surface area contributed by atoms with Gasteiger partial charge in [0.05, 0.1) is 7.11 Å². The second kappa shape index (κ2) is 3.87. The van der Waals surface area contributed by atoms with Crippen molar-refractivity contribution in [1.29, 1.82) is 0 Å². The van der Waals surface area contributed by atoms with Crippen molar-refractivity contribution in [3.63, 3.8) is 0 Å². The summed E-state index contributed by atoms with van der Waals surface area (Å²) in [5.41, 5.74) is 0. The average Bonchev–Trinajstić information content (AvgIpc) is 1.68. The van der Waals surface area contributed by atoms with Gasteiger partial charge in [-0.25, -0.2) is 4.79 Å². The number of hydrogen-bond donors (Lipinski definition) is 0. The molecule has 0 bridgehead atoms. The van der Waals surface area contributed by atoms with Crippen molar-refractivity contribution >= 4 is 21.9 Å². The van der Waals surface area contributed by atoms with Gasteiger partial charge in [-0.3, -0.25) is 0 Å². The smallest absolute Gasteiger partial charge is 0.330 e. The van der Waals surface area contributed by atoms with Crippen molar-refractivity contribution in [2.75, 3.05) is 7.11 Å². The highest BCUT2D eigenvalue weighted by Crippen LogP contribution is 1.82. The minimum atomic E-state index is -0.350. The molecule has 3 heteroatoms. The van der Waals surface area contributed by atoms with Crippen LogP contribution in [0.15, 0.2) is 11.1 Å². The molecular weight excluding hydrogens is 160 g/mol. The molecule has 0 aromatic heterocycles. The summed E-state index contributed by atoms with van der Waals surface area (Å²) in [6.07, 6.45) is 1.28. The Kier molecular flexibility index (Phi) is 3.69. The molecule has 0 heterocycles. The highest BCUT2D eigenvalue weighted by molar-refractivity contribution is 9.11. The van der Waals surface area contributed by atoms with E-state index in [9.17, 15) is 4.79 Å². The zero-order valence-corrected chi connectivity index (χ0v) is 5.44. The van der Waals surface area contributed by atoms with Crippen LogP contribution in [-0.2, 0) is 9.53 Å². The Morgan fingerprint density at radius 3 is 2.57 bits per heavy atom. The summed E-state index contributed by atoms with van der Waals surface area (Å²) in [4.78, 5) is 11.5. The van der Waals surface area contributed by atoms with Crippen molar-refractivity contribution in [1.82, 2.24) is 0 Å². The second-order valence-corrected chi connectivity index (χ2v) is 1.34. The molecule has 0 saturated heterocycles. The van der Waals surface area contributed by atoms with E-state index < -0.39 is 0 Å². The summed E-state index contributed by atoms with van der Waals surface area (Å²) in [7, 11) is 1.33. The first-order chi connectivity index (χ1) is 3.31. The number of esters is 1. The Labute approximate surface area is 50.3 Å². The van der Waals surface area contributed by atoms with Gasteiger partial charge in [0.15, 0.2) is 0 Å². The maximum Gasteiger partial charge on any atom is 0.330 e. The molecule has 0 aliphatic rings. The molecule has 0 spiro atoms. The van der Waals surface area contributed by atoms with Crippen LogP contribution in [0.1, 0.15) is 0 Å². The third kappa shape index (κ3) is 3.52. The normalized spacial score (nSPS) is 9.43. The Bertz CT molecular complexity index is 87.7. The van der Waals surface area contributed by atoms with Gasteiger partial charge >= 0.3 is 5.97 Å². The van der Waals surface area contributed by atoms with Crippen LogP contribution < -0.4 is 0 Å². The Morgan fingerprint density at radius 2 is 2.43 bits per heavy atom. The molecule has 7 heavy (non-hydrogen) atoms. The molecule has 0 amide bonds. The standard InChI is InChI=1S/C4H5BrO2/c1-7-4(6)2-3-5/h2-3H,1H3. The molecule has 0 aliphatic carbocycles. The van der Waals surface area contributed by atoms with Crippen molar-refractivity contribution in [2.45, 2.75) is 0 Å². The van der Waals surface area contributed by atoms with Crippen molar-refractivity contribution < 1.29 is 9.53 Å². The molecule has 0 aromatic carbocycles. The molecule has 0 atom stereocenters. The lowest BCUT2D eigenvalue weighted by Crippen LogP contribution is -1.91. The fraction of sp³-hybridized carbons (Fsp3) is 0.250. The summed E-state index contributed by atoms with van der Waals surface area (Å²) < 4.78 is 4.23. The fourth-order valence-corrected chi connectivity index (χ4v) is 0.335. The van der Waals surface area contributed by atoms with Crippen LogP contribution in [0.5, 0.6) is 0 Å². The molecule has 0 aliphatic heterocycles. The predicted molar refractivity (Wildman–Crippen MR) is 30.1 cm³/mol. The van der Waals surface area contributed by atoms with Gasteiger partial charge < -0.3 is 4.74 Å². The lowest BCUT2D eigenvalue weighted by atomic mass is 10.7. The highest BCUT2D eigenvalue weighted by Gasteiger charge is 1.84. The zero-order chi connectivity index (χ0) is 5.70. The van der Waals surface area contributed by atoms with E-state index in [4.69, 9.17) is 0 Å². The van der Waals surface area contributed by atoms with Crippen LogP contribution in [0.25, 0.3) is 0 Å². The van der Waals surface area contributed by atoms with Crippen LogP contribution in [0.2, 0.25) is 0 Å². The first-order valence-electron chi connectivity index (χ1n) is 1.66. The van der Waals surface area contributed by atoms with Crippen molar-refractivity contribution in [3.05, 3.63) is 11.1 Å². The minimum Gasteiger partial charge on any atom is -0.466 e. The molecular formula is C4H5BrO2. The number of ether oxygens (including phenoxy) is 1. The summed E-state index contributed by atoms with van der Waals surface area (Å²) in [6.45, 7) is 0. The lowest BCUT2D eigenvalue weighted by Gasteiger charge is -1.84. The molecule has 0 fully saturated rings. The largest absolute Gasteiger partial charge is 0.466 e. The molecule has 0 aromatic rings. The van der Waals surface area contributed by atoms with Gasteiger partial charge in [0, 0.05) is 6.08 Å². The second-order valence-electron chi connectivity index (χ2n) is 0.816. The van der Waals surface area contributed by atoms with Gasteiger partial charge in [-0.1, -0.05) is 15.9 Å². The van der Waals surface area contributed by atoms with Gasteiger partial charge in [-0.05, 0) is 4.99 Å².